The molecule has 0 heterocycles. The number of aliphatic hydroxyl groups is 1. The monoisotopic (exact) mass is 299 g/mol. The molecule has 0 bridgehead atoms. The molecule has 4 heteroatoms. The molecule has 2 aromatic carbocycles. The normalized spacial score (nSPS) is 23.3. The van der Waals surface area contributed by atoms with Gasteiger partial charge in [0.05, 0.1) is 0 Å². The van der Waals surface area contributed by atoms with Crippen LogP contribution in [0.15, 0.2) is 42.5 Å². The molecule has 0 aliphatic heterocycles. The van der Waals surface area contributed by atoms with Crippen molar-refractivity contribution in [3.63, 3.8) is 0 Å². The molecule has 1 aliphatic rings. The Kier molecular flexibility index (Phi) is 3.81. The minimum atomic E-state index is -0.983. The summed E-state index contributed by atoms with van der Waals surface area (Å²) in [5.74, 6) is 0.885. The largest absolute Gasteiger partial charge is 0.508 e. The number of phenolic OH excluding ortho intramolecular Hbond substituents is 1. The van der Waals surface area contributed by atoms with E-state index in [-0.39, 0.29) is 5.75 Å². The number of aromatic hydroxyl groups is 1. The van der Waals surface area contributed by atoms with Crippen LogP contribution in [0.3, 0.4) is 0 Å². The van der Waals surface area contributed by atoms with E-state index in [1.54, 1.807) is 18.2 Å². The van der Waals surface area contributed by atoms with Gasteiger partial charge in [-0.1, -0.05) is 24.3 Å². The fourth-order valence-corrected chi connectivity index (χ4v) is 3.19. The molecule has 4 nitrogen and oxygen atoms in total. The number of rotatable bonds is 4. The van der Waals surface area contributed by atoms with Gasteiger partial charge >= 0.3 is 0 Å². The molecule has 2 aromatic rings. The summed E-state index contributed by atoms with van der Waals surface area (Å²) in [5.41, 5.74) is 1.99. The third-order valence-electron chi connectivity index (χ3n) is 4.21. The van der Waals surface area contributed by atoms with Gasteiger partial charge in [0.15, 0.2) is 6.10 Å². The maximum absolute atomic E-state index is 11.0. The van der Waals surface area contributed by atoms with Gasteiger partial charge in [-0.3, -0.25) is 0 Å². The van der Waals surface area contributed by atoms with Crippen molar-refractivity contribution >= 4 is 0 Å². The van der Waals surface area contributed by atoms with Gasteiger partial charge < -0.3 is 20.3 Å². The summed E-state index contributed by atoms with van der Waals surface area (Å²) in [7, 11) is 1.82. The third kappa shape index (κ3) is 2.56. The summed E-state index contributed by atoms with van der Waals surface area (Å²) in [6.07, 6.45) is 0.130. The van der Waals surface area contributed by atoms with Crippen molar-refractivity contribution in [1.82, 2.24) is 5.32 Å². The summed E-state index contributed by atoms with van der Waals surface area (Å²) < 4.78 is 6.15. The van der Waals surface area contributed by atoms with E-state index in [0.717, 1.165) is 16.7 Å². The highest BCUT2D eigenvalue weighted by Gasteiger charge is 2.46. The Balaban J connectivity index is 1.98. The summed E-state index contributed by atoms with van der Waals surface area (Å²) >= 11 is 0. The predicted octanol–water partition coefficient (Wildman–Crippen LogP) is 2.33. The number of fused-ring (bicyclic) bond motifs is 1. The molecule has 3 rings (SSSR count). The summed E-state index contributed by atoms with van der Waals surface area (Å²) in [5, 5.41) is 23.6. The molecule has 0 saturated carbocycles. The van der Waals surface area contributed by atoms with E-state index >= 15 is 0 Å². The van der Waals surface area contributed by atoms with Gasteiger partial charge in [0.2, 0.25) is 0 Å². The van der Waals surface area contributed by atoms with Crippen LogP contribution in [0, 0.1) is 6.92 Å². The van der Waals surface area contributed by atoms with Crippen LogP contribution >= 0.6 is 0 Å². The van der Waals surface area contributed by atoms with E-state index in [0.29, 0.717) is 18.7 Å². The summed E-state index contributed by atoms with van der Waals surface area (Å²) in [6, 6.07) is 13.0. The molecule has 0 unspecified atom stereocenters. The first-order valence-corrected chi connectivity index (χ1v) is 7.44. The van der Waals surface area contributed by atoms with E-state index in [1.807, 2.05) is 38.2 Å². The van der Waals surface area contributed by atoms with Gasteiger partial charge in [-0.05, 0) is 48.9 Å². The lowest BCUT2D eigenvalue weighted by Crippen LogP contribution is -2.45. The van der Waals surface area contributed by atoms with Crippen LogP contribution in [-0.4, -0.2) is 29.4 Å². The van der Waals surface area contributed by atoms with E-state index in [2.05, 4.69) is 5.32 Å². The van der Waals surface area contributed by atoms with Crippen molar-refractivity contribution in [2.75, 3.05) is 13.6 Å². The van der Waals surface area contributed by atoms with Crippen LogP contribution in [0.1, 0.15) is 22.8 Å². The van der Waals surface area contributed by atoms with E-state index in [1.165, 1.54) is 0 Å². The van der Waals surface area contributed by atoms with Crippen LogP contribution in [0.4, 0.5) is 0 Å². The second kappa shape index (κ2) is 5.63. The second-order valence-electron chi connectivity index (χ2n) is 5.96. The molecule has 0 amide bonds. The number of hydrogen-bond acceptors (Lipinski definition) is 4. The molecular weight excluding hydrogens is 278 g/mol. The van der Waals surface area contributed by atoms with Crippen LogP contribution in [0.5, 0.6) is 11.5 Å². The average molecular weight is 299 g/mol. The van der Waals surface area contributed by atoms with Crippen molar-refractivity contribution in [2.45, 2.75) is 25.0 Å². The Morgan fingerprint density at radius 3 is 2.77 bits per heavy atom. The van der Waals surface area contributed by atoms with Crippen LogP contribution in [-0.2, 0) is 6.42 Å². The average Bonchev–Trinajstić information content (AvgIpc) is 2.74. The Morgan fingerprint density at radius 1 is 1.27 bits per heavy atom. The summed E-state index contributed by atoms with van der Waals surface area (Å²) in [4.78, 5) is 0. The Morgan fingerprint density at radius 2 is 2.05 bits per heavy atom. The Hall–Kier alpha value is -2.04. The smallest absolute Gasteiger partial charge is 0.154 e. The first kappa shape index (κ1) is 14.9. The highest BCUT2D eigenvalue weighted by atomic mass is 16.5. The lowest BCUT2D eigenvalue weighted by atomic mass is 9.97. The Labute approximate surface area is 130 Å². The van der Waals surface area contributed by atoms with Gasteiger partial charge in [0, 0.05) is 13.0 Å². The van der Waals surface area contributed by atoms with Crippen LogP contribution in [0.25, 0.3) is 0 Å². The minimum absolute atomic E-state index is 0.210. The number of aryl methyl sites for hydroxylation is 1. The molecule has 0 aromatic heterocycles. The SMILES string of the molecule is CNC[C@@]1(O)Cc2ccccc2[C@H]1Oc1ccc(O)cc1C. The van der Waals surface area contributed by atoms with Crippen molar-refractivity contribution in [2.24, 2.45) is 0 Å². The molecule has 0 fully saturated rings. The van der Waals surface area contributed by atoms with Gasteiger partial charge in [0.1, 0.15) is 17.1 Å². The fraction of sp³-hybridized carbons (Fsp3) is 0.333. The molecule has 1 aliphatic carbocycles. The number of phenols is 1. The van der Waals surface area contributed by atoms with E-state index < -0.39 is 11.7 Å². The van der Waals surface area contributed by atoms with Crippen molar-refractivity contribution < 1.29 is 14.9 Å². The standard InChI is InChI=1S/C18H21NO3/c1-12-9-14(20)7-8-16(12)22-17-15-6-4-3-5-13(15)10-18(17,21)11-19-2/h3-9,17,19-21H,10-11H2,1-2H3/t17-,18+/m1/s1. The topological polar surface area (TPSA) is 61.7 Å². The number of likely N-dealkylation sites (N-methyl/N-ethyl adjacent to an activating group) is 1. The fourth-order valence-electron chi connectivity index (χ4n) is 3.19. The van der Waals surface area contributed by atoms with Crippen LogP contribution < -0.4 is 10.1 Å². The number of benzene rings is 2. The first-order valence-electron chi connectivity index (χ1n) is 7.44. The van der Waals surface area contributed by atoms with E-state index in [9.17, 15) is 10.2 Å². The number of ether oxygens (including phenoxy) is 1. The van der Waals surface area contributed by atoms with Crippen molar-refractivity contribution in [3.8, 4) is 11.5 Å². The molecule has 116 valence electrons. The predicted molar refractivity (Wildman–Crippen MR) is 85.2 cm³/mol. The third-order valence-corrected chi connectivity index (χ3v) is 4.21. The zero-order valence-electron chi connectivity index (χ0n) is 12.8. The first-order chi connectivity index (χ1) is 10.5. The lowest BCUT2D eigenvalue weighted by molar-refractivity contribution is -0.0487. The zero-order valence-corrected chi connectivity index (χ0v) is 12.8. The van der Waals surface area contributed by atoms with Gasteiger partial charge in [-0.25, -0.2) is 0 Å². The lowest BCUT2D eigenvalue weighted by Gasteiger charge is -2.31. The molecule has 3 N–H and O–H groups in total. The second-order valence-corrected chi connectivity index (χ2v) is 5.96. The van der Waals surface area contributed by atoms with Crippen molar-refractivity contribution in [3.05, 3.63) is 59.2 Å². The zero-order chi connectivity index (χ0) is 15.7. The van der Waals surface area contributed by atoms with Crippen LogP contribution in [0.2, 0.25) is 0 Å². The maximum Gasteiger partial charge on any atom is 0.154 e. The van der Waals surface area contributed by atoms with Gasteiger partial charge in [-0.15, -0.1) is 0 Å². The molecule has 0 radical (unpaired) electrons. The number of hydrogen-bond donors (Lipinski definition) is 3. The molecule has 0 saturated heterocycles. The highest BCUT2D eigenvalue weighted by molar-refractivity contribution is 5.42. The molecule has 0 spiro atoms. The summed E-state index contributed by atoms with van der Waals surface area (Å²) in [6.45, 7) is 2.33. The van der Waals surface area contributed by atoms with Gasteiger partial charge in [0.25, 0.3) is 0 Å². The van der Waals surface area contributed by atoms with Crippen molar-refractivity contribution in [1.29, 1.82) is 0 Å². The molecule has 22 heavy (non-hydrogen) atoms. The Bertz CT molecular complexity index is 686. The number of nitrogens with one attached hydrogen (secondary N) is 1. The highest BCUT2D eigenvalue weighted by Crippen LogP contribution is 2.42. The molecule has 2 atom stereocenters. The minimum Gasteiger partial charge on any atom is -0.508 e. The molecular formula is C18H21NO3. The maximum atomic E-state index is 11.0. The van der Waals surface area contributed by atoms with Gasteiger partial charge in [-0.2, -0.15) is 0 Å². The quantitative estimate of drug-likeness (QED) is 0.811. The van der Waals surface area contributed by atoms with E-state index in [4.69, 9.17) is 4.74 Å².